The number of carbonyl (C=O) groups excluding carboxylic acids is 3. The molecule has 3 N–H and O–H groups in total. The predicted octanol–water partition coefficient (Wildman–Crippen LogP) is 4.33. The molecule has 0 bridgehead atoms. The van der Waals surface area contributed by atoms with Gasteiger partial charge in [-0.1, -0.05) is 25.1 Å². The van der Waals surface area contributed by atoms with E-state index >= 15 is 0 Å². The third kappa shape index (κ3) is 7.04. The largest absolute Gasteiger partial charge is 0.485 e. The highest BCUT2D eigenvalue weighted by Gasteiger charge is 2.35. The van der Waals surface area contributed by atoms with E-state index < -0.39 is 12.1 Å². The van der Waals surface area contributed by atoms with Gasteiger partial charge in [-0.15, -0.1) is 11.3 Å². The minimum Gasteiger partial charge on any atom is -0.485 e. The molecule has 0 saturated heterocycles. The van der Waals surface area contributed by atoms with E-state index in [1.165, 1.54) is 11.3 Å². The maximum Gasteiger partial charge on any atom is 0.317 e. The Morgan fingerprint density at radius 3 is 2.56 bits per heavy atom. The minimum absolute atomic E-state index is 0.0303. The van der Waals surface area contributed by atoms with Crippen molar-refractivity contribution in [2.75, 3.05) is 32.1 Å². The number of urea groups is 1. The van der Waals surface area contributed by atoms with Crippen molar-refractivity contribution in [1.82, 2.24) is 20.1 Å². The lowest BCUT2D eigenvalue weighted by atomic mass is 9.99. The maximum atomic E-state index is 13.7. The van der Waals surface area contributed by atoms with E-state index in [0.29, 0.717) is 17.8 Å². The van der Waals surface area contributed by atoms with Crippen molar-refractivity contribution >= 4 is 34.9 Å². The van der Waals surface area contributed by atoms with Crippen LogP contribution >= 0.6 is 11.3 Å². The lowest BCUT2D eigenvalue weighted by Gasteiger charge is -2.38. The number of anilines is 1. The van der Waals surface area contributed by atoms with Crippen LogP contribution in [0, 0.1) is 5.92 Å². The van der Waals surface area contributed by atoms with E-state index in [2.05, 4.69) is 15.6 Å². The van der Waals surface area contributed by atoms with Gasteiger partial charge >= 0.3 is 6.03 Å². The highest BCUT2D eigenvalue weighted by atomic mass is 32.1. The second kappa shape index (κ2) is 13.1. The van der Waals surface area contributed by atoms with Gasteiger partial charge in [0.2, 0.25) is 0 Å². The van der Waals surface area contributed by atoms with Crippen LogP contribution in [0.3, 0.4) is 0 Å². The molecular weight excluding hydrogens is 542 g/mol. The van der Waals surface area contributed by atoms with Gasteiger partial charge in [0.15, 0.2) is 5.75 Å². The van der Waals surface area contributed by atoms with Crippen LogP contribution in [-0.2, 0) is 0 Å². The number of rotatable bonds is 8. The van der Waals surface area contributed by atoms with E-state index in [1.54, 1.807) is 60.3 Å². The van der Waals surface area contributed by atoms with Crippen molar-refractivity contribution in [1.29, 1.82) is 0 Å². The summed E-state index contributed by atoms with van der Waals surface area (Å²) in [5.41, 5.74) is 1.96. The summed E-state index contributed by atoms with van der Waals surface area (Å²) in [5, 5.41) is 18.5. The second-order valence-corrected chi connectivity index (χ2v) is 11.6. The van der Waals surface area contributed by atoms with Crippen LogP contribution in [0.2, 0.25) is 0 Å². The number of hydrogen-bond acceptors (Lipinski definition) is 7. The number of hydrogen-bond donors (Lipinski definition) is 3. The molecule has 3 atom stereocenters. The molecule has 218 valence electrons. The third-order valence-electron chi connectivity index (χ3n) is 6.98. The van der Waals surface area contributed by atoms with Gasteiger partial charge in [-0.2, -0.15) is 0 Å². The first kappa shape index (κ1) is 30.0. The second-order valence-electron chi connectivity index (χ2n) is 10.7. The van der Waals surface area contributed by atoms with Crippen LogP contribution < -0.4 is 15.4 Å². The SMILES string of the molecule is CC(C)NC(=O)N(C)C[C@H]1Oc2c(NC(=O)c3ccc(-c4nccs4)cc3)cccc2C(=O)N([C@@H](C)CO)C[C@@H]1C. The Morgan fingerprint density at radius 2 is 1.93 bits per heavy atom. The van der Waals surface area contributed by atoms with E-state index in [9.17, 15) is 19.5 Å². The Balaban J connectivity index is 1.66. The molecule has 1 aliphatic heterocycles. The quantitative estimate of drug-likeness (QED) is 0.365. The fraction of sp³-hybridized carbons (Fsp3) is 0.400. The summed E-state index contributed by atoms with van der Waals surface area (Å²) in [6.07, 6.45) is 1.23. The Hall–Kier alpha value is -3.96. The third-order valence-corrected chi connectivity index (χ3v) is 7.80. The van der Waals surface area contributed by atoms with E-state index in [1.807, 2.05) is 38.3 Å². The van der Waals surface area contributed by atoms with Crippen molar-refractivity contribution in [3.05, 3.63) is 65.2 Å². The summed E-state index contributed by atoms with van der Waals surface area (Å²) >= 11 is 1.52. The number of aliphatic hydroxyl groups is 1. The summed E-state index contributed by atoms with van der Waals surface area (Å²) < 4.78 is 6.49. The first-order valence-corrected chi connectivity index (χ1v) is 14.5. The van der Waals surface area contributed by atoms with Gasteiger partial charge in [-0.05, 0) is 45.0 Å². The molecule has 0 aliphatic carbocycles. The maximum absolute atomic E-state index is 13.7. The number of aliphatic hydroxyl groups excluding tert-OH is 1. The van der Waals surface area contributed by atoms with Crippen molar-refractivity contribution in [3.8, 4) is 16.3 Å². The van der Waals surface area contributed by atoms with Crippen molar-refractivity contribution in [2.24, 2.45) is 5.92 Å². The summed E-state index contributed by atoms with van der Waals surface area (Å²) in [7, 11) is 1.69. The molecular formula is C30H37N5O5S. The number of fused-ring (bicyclic) bond motifs is 1. The lowest BCUT2D eigenvalue weighted by Crippen LogP contribution is -2.51. The molecule has 1 aliphatic rings. The standard InChI is InChI=1S/C30H37N5O5S/c1-18(2)32-30(39)34(5)16-25-19(3)15-35(20(4)17-36)29(38)23-7-6-8-24(26(23)40-25)33-27(37)21-9-11-22(12-10-21)28-31-13-14-41-28/h6-14,18-20,25,36H,15-17H2,1-5H3,(H,32,39)(H,33,37)/t19-,20-,25+/m0/s1. The summed E-state index contributed by atoms with van der Waals surface area (Å²) in [6, 6.07) is 11.4. The molecule has 0 unspecified atom stereocenters. The molecule has 3 aromatic rings. The van der Waals surface area contributed by atoms with Crippen LogP contribution in [0.5, 0.6) is 5.75 Å². The smallest absolute Gasteiger partial charge is 0.317 e. The molecule has 0 radical (unpaired) electrons. The van der Waals surface area contributed by atoms with E-state index in [4.69, 9.17) is 4.74 Å². The fourth-order valence-corrected chi connectivity index (χ4v) is 5.24. The highest BCUT2D eigenvalue weighted by molar-refractivity contribution is 7.13. The van der Waals surface area contributed by atoms with Gasteiger partial charge in [-0.25, -0.2) is 9.78 Å². The zero-order valence-corrected chi connectivity index (χ0v) is 24.8. The molecule has 0 fully saturated rings. The van der Waals surface area contributed by atoms with E-state index in [0.717, 1.165) is 10.6 Å². The minimum atomic E-state index is -0.506. The van der Waals surface area contributed by atoms with Gasteiger partial charge in [0, 0.05) is 48.3 Å². The highest BCUT2D eigenvalue weighted by Crippen LogP contribution is 2.35. The normalized spacial score (nSPS) is 17.6. The number of amides is 4. The summed E-state index contributed by atoms with van der Waals surface area (Å²) in [4.78, 5) is 47.1. The Morgan fingerprint density at radius 1 is 1.20 bits per heavy atom. The van der Waals surface area contributed by atoms with Crippen LogP contribution in [-0.4, -0.2) is 82.7 Å². The van der Waals surface area contributed by atoms with Crippen molar-refractivity contribution in [2.45, 2.75) is 45.9 Å². The first-order chi connectivity index (χ1) is 19.6. The summed E-state index contributed by atoms with van der Waals surface area (Å²) in [5.74, 6) is -0.630. The number of carbonyl (C=O) groups is 3. The number of nitrogens with one attached hydrogen (secondary N) is 2. The first-order valence-electron chi connectivity index (χ1n) is 13.6. The van der Waals surface area contributed by atoms with Crippen LogP contribution in [0.15, 0.2) is 54.0 Å². The average Bonchev–Trinajstić information content (AvgIpc) is 3.49. The number of para-hydroxylation sites is 1. The summed E-state index contributed by atoms with van der Waals surface area (Å²) in [6.45, 7) is 7.87. The van der Waals surface area contributed by atoms with Gasteiger partial charge < -0.3 is 30.3 Å². The van der Waals surface area contributed by atoms with Gasteiger partial charge in [0.05, 0.1) is 30.4 Å². The molecule has 4 amide bonds. The van der Waals surface area contributed by atoms with Crippen LogP contribution in [0.1, 0.15) is 48.4 Å². The molecule has 41 heavy (non-hydrogen) atoms. The topological polar surface area (TPSA) is 124 Å². The molecule has 10 nitrogen and oxygen atoms in total. The Bertz CT molecular complexity index is 1360. The lowest BCUT2D eigenvalue weighted by molar-refractivity contribution is 0.0368. The Labute approximate surface area is 244 Å². The fourth-order valence-electron chi connectivity index (χ4n) is 4.59. The van der Waals surface area contributed by atoms with Crippen LogP contribution in [0.4, 0.5) is 10.5 Å². The Kier molecular flexibility index (Phi) is 9.61. The predicted molar refractivity (Wildman–Crippen MR) is 159 cm³/mol. The number of thiazole rings is 1. The van der Waals surface area contributed by atoms with E-state index in [-0.39, 0.29) is 54.3 Å². The zero-order chi connectivity index (χ0) is 29.7. The van der Waals surface area contributed by atoms with Crippen molar-refractivity contribution in [3.63, 3.8) is 0 Å². The van der Waals surface area contributed by atoms with Gasteiger partial charge in [0.1, 0.15) is 11.1 Å². The van der Waals surface area contributed by atoms with Crippen LogP contribution in [0.25, 0.3) is 10.6 Å². The number of likely N-dealkylation sites (N-methyl/N-ethyl adjacent to an activating group) is 1. The van der Waals surface area contributed by atoms with Gasteiger partial charge in [0.25, 0.3) is 11.8 Å². The number of aromatic nitrogens is 1. The number of nitrogens with zero attached hydrogens (tertiary/aromatic N) is 3. The monoisotopic (exact) mass is 579 g/mol. The number of benzene rings is 2. The molecule has 2 aromatic carbocycles. The molecule has 1 aromatic heterocycles. The molecule has 4 rings (SSSR count). The number of ether oxygens (including phenoxy) is 1. The molecule has 0 spiro atoms. The van der Waals surface area contributed by atoms with Crippen molar-refractivity contribution < 1.29 is 24.2 Å². The van der Waals surface area contributed by atoms with Gasteiger partial charge in [-0.3, -0.25) is 9.59 Å². The molecule has 0 saturated carbocycles. The zero-order valence-electron chi connectivity index (χ0n) is 24.0. The average molecular weight is 580 g/mol. The molecule has 2 heterocycles. The molecule has 11 heteroatoms.